The molecule has 0 radical (unpaired) electrons. The first kappa shape index (κ1) is 22.1. The van der Waals surface area contributed by atoms with E-state index in [1.807, 2.05) is 42.5 Å². The maximum Gasteiger partial charge on any atom is 0.347 e. The van der Waals surface area contributed by atoms with Gasteiger partial charge in [0.15, 0.2) is 0 Å². The summed E-state index contributed by atoms with van der Waals surface area (Å²) in [6, 6.07) is 22.7. The second-order valence-electron chi connectivity index (χ2n) is 8.42. The third kappa shape index (κ3) is 4.15. The Balaban J connectivity index is 1.51. The number of hydrogen-bond donors (Lipinski definition) is 0. The molecule has 8 heteroatoms. The first-order valence-corrected chi connectivity index (χ1v) is 11.3. The number of anilines is 1. The van der Waals surface area contributed by atoms with E-state index in [-0.39, 0.29) is 24.0 Å². The lowest BCUT2D eigenvalue weighted by Gasteiger charge is -2.15. The van der Waals surface area contributed by atoms with Crippen LogP contribution in [0.25, 0.3) is 0 Å². The summed E-state index contributed by atoms with van der Waals surface area (Å²) in [5.41, 5.74) is 3.90. The number of hydrazone groups is 1. The number of aryl methyl sites for hydroxylation is 1. The Bertz CT molecular complexity index is 1430. The molecule has 1 aliphatic rings. The molecular weight excluding hydrogens is 453 g/mol. The summed E-state index contributed by atoms with van der Waals surface area (Å²) in [6.45, 7) is 2.41. The van der Waals surface area contributed by atoms with Crippen LogP contribution in [-0.2, 0) is 13.6 Å². The number of nitrogens with zero attached hydrogens (tertiary/aromatic N) is 5. The Labute approximate surface area is 201 Å². The Morgan fingerprint density at radius 3 is 2.50 bits per heavy atom. The van der Waals surface area contributed by atoms with Crippen LogP contribution in [0.2, 0.25) is 5.02 Å². The van der Waals surface area contributed by atoms with Gasteiger partial charge in [-0.15, -0.1) is 5.10 Å². The first-order chi connectivity index (χ1) is 16.4. The largest absolute Gasteiger partial charge is 0.347 e. The zero-order valence-corrected chi connectivity index (χ0v) is 19.6. The Hall–Kier alpha value is -3.71. The minimum Gasteiger partial charge on any atom is -0.263 e. The van der Waals surface area contributed by atoms with Crippen LogP contribution < -0.4 is 10.7 Å². The summed E-state index contributed by atoms with van der Waals surface area (Å²) in [7, 11) is 1.67. The van der Waals surface area contributed by atoms with Crippen LogP contribution in [0.3, 0.4) is 0 Å². The van der Waals surface area contributed by atoms with E-state index in [0.717, 1.165) is 16.8 Å². The predicted molar refractivity (Wildman–Crippen MR) is 132 cm³/mol. The second kappa shape index (κ2) is 8.91. The predicted octanol–water partition coefficient (Wildman–Crippen LogP) is 4.74. The highest BCUT2D eigenvalue weighted by Gasteiger charge is 2.32. The zero-order chi connectivity index (χ0) is 23.8. The van der Waals surface area contributed by atoms with Gasteiger partial charge in [-0.2, -0.15) is 5.10 Å². The maximum atomic E-state index is 14.0. The van der Waals surface area contributed by atoms with Crippen LogP contribution in [0.1, 0.15) is 28.2 Å². The van der Waals surface area contributed by atoms with E-state index in [2.05, 4.69) is 17.2 Å². The Morgan fingerprint density at radius 1 is 1.06 bits per heavy atom. The van der Waals surface area contributed by atoms with Crippen LogP contribution in [0, 0.1) is 12.7 Å². The lowest BCUT2D eigenvalue weighted by molar-refractivity contribution is 0.605. The fourth-order valence-corrected chi connectivity index (χ4v) is 4.29. The molecule has 0 fully saturated rings. The number of halogens is 2. The van der Waals surface area contributed by atoms with E-state index in [1.54, 1.807) is 31.1 Å². The van der Waals surface area contributed by atoms with Gasteiger partial charge in [-0.1, -0.05) is 66.2 Å². The Morgan fingerprint density at radius 2 is 1.79 bits per heavy atom. The highest BCUT2D eigenvalue weighted by molar-refractivity contribution is 6.30. The summed E-state index contributed by atoms with van der Waals surface area (Å²) in [4.78, 5) is 12.9. The average Bonchev–Trinajstić information content (AvgIpc) is 3.40. The molecule has 5 rings (SSSR count). The van der Waals surface area contributed by atoms with Crippen molar-refractivity contribution in [3.05, 3.63) is 116 Å². The van der Waals surface area contributed by atoms with Gasteiger partial charge in [0.2, 0.25) is 5.95 Å². The van der Waals surface area contributed by atoms with E-state index in [1.165, 1.54) is 15.3 Å². The fraction of sp³-hybridized carbons (Fsp3) is 0.192. The molecule has 172 valence electrons. The molecule has 0 saturated carbocycles. The molecule has 0 spiro atoms. The molecule has 34 heavy (non-hydrogen) atoms. The van der Waals surface area contributed by atoms with Crippen LogP contribution in [0.5, 0.6) is 0 Å². The van der Waals surface area contributed by atoms with Crippen molar-refractivity contribution in [1.82, 2.24) is 14.3 Å². The molecule has 2 heterocycles. The van der Waals surface area contributed by atoms with Crippen molar-refractivity contribution in [2.45, 2.75) is 19.4 Å². The molecule has 0 N–H and O–H groups in total. The van der Waals surface area contributed by atoms with E-state index in [4.69, 9.17) is 16.7 Å². The van der Waals surface area contributed by atoms with Crippen molar-refractivity contribution in [2.24, 2.45) is 12.1 Å². The van der Waals surface area contributed by atoms with Gasteiger partial charge < -0.3 is 0 Å². The van der Waals surface area contributed by atoms with Crippen molar-refractivity contribution in [3.63, 3.8) is 0 Å². The molecule has 0 bridgehead atoms. The topological polar surface area (TPSA) is 55.4 Å². The van der Waals surface area contributed by atoms with Crippen molar-refractivity contribution in [3.8, 4) is 0 Å². The third-order valence-corrected chi connectivity index (χ3v) is 6.33. The van der Waals surface area contributed by atoms with Crippen molar-refractivity contribution in [2.75, 3.05) is 11.6 Å². The monoisotopic (exact) mass is 475 g/mol. The van der Waals surface area contributed by atoms with Gasteiger partial charge in [0.05, 0.1) is 18.8 Å². The molecule has 6 nitrogen and oxygen atoms in total. The van der Waals surface area contributed by atoms with Crippen molar-refractivity contribution >= 4 is 23.3 Å². The van der Waals surface area contributed by atoms with E-state index in [0.29, 0.717) is 28.6 Å². The molecule has 1 aromatic heterocycles. The SMILES string of the molecule is Cc1ccc(Cn2nc(N3CC(c4ccccc4)C(c4ccc(Cl)cc4)=N3)n(C)c2=O)cc1F. The van der Waals surface area contributed by atoms with Crippen molar-refractivity contribution in [1.29, 1.82) is 0 Å². The van der Waals surface area contributed by atoms with Gasteiger partial charge in [0, 0.05) is 18.0 Å². The molecule has 4 aromatic rings. The fourth-order valence-electron chi connectivity index (χ4n) is 4.17. The normalized spacial score (nSPS) is 15.6. The standard InChI is InChI=1S/C26H23ClFN5O/c1-17-8-9-18(14-23(17)28)15-33-26(34)31(2)25(30-33)32-16-22(19-6-4-3-5-7-19)24(29-32)20-10-12-21(27)13-11-20/h3-14,22H,15-16H2,1-2H3. The van der Waals surface area contributed by atoms with Gasteiger partial charge in [0.25, 0.3) is 0 Å². The van der Waals surface area contributed by atoms with Gasteiger partial charge in [0.1, 0.15) is 5.82 Å². The summed E-state index contributed by atoms with van der Waals surface area (Å²) in [6.07, 6.45) is 0. The highest BCUT2D eigenvalue weighted by atomic mass is 35.5. The third-order valence-electron chi connectivity index (χ3n) is 6.07. The summed E-state index contributed by atoms with van der Waals surface area (Å²) in [5.74, 6) is 0.125. The number of aromatic nitrogens is 3. The lowest BCUT2D eigenvalue weighted by Crippen LogP contribution is -2.25. The number of benzene rings is 3. The number of hydrogen-bond acceptors (Lipinski definition) is 4. The molecule has 0 amide bonds. The molecule has 3 aromatic carbocycles. The van der Waals surface area contributed by atoms with Gasteiger partial charge in [-0.05, 0) is 47.4 Å². The van der Waals surface area contributed by atoms with E-state index < -0.39 is 0 Å². The van der Waals surface area contributed by atoms with Gasteiger partial charge in [-0.3, -0.25) is 4.57 Å². The van der Waals surface area contributed by atoms with Crippen LogP contribution in [0.4, 0.5) is 10.3 Å². The molecule has 1 unspecified atom stereocenters. The molecular formula is C26H23ClFN5O. The van der Waals surface area contributed by atoms with Crippen LogP contribution >= 0.6 is 11.6 Å². The highest BCUT2D eigenvalue weighted by Crippen LogP contribution is 2.31. The van der Waals surface area contributed by atoms with Gasteiger partial charge >= 0.3 is 5.69 Å². The van der Waals surface area contributed by atoms with Crippen LogP contribution in [-0.4, -0.2) is 26.6 Å². The first-order valence-electron chi connectivity index (χ1n) is 11.0. The lowest BCUT2D eigenvalue weighted by atomic mass is 9.91. The average molecular weight is 476 g/mol. The molecule has 1 atom stereocenters. The van der Waals surface area contributed by atoms with E-state index >= 15 is 0 Å². The number of rotatable bonds is 5. The summed E-state index contributed by atoms with van der Waals surface area (Å²) < 4.78 is 16.8. The Kier molecular flexibility index (Phi) is 5.79. The summed E-state index contributed by atoms with van der Waals surface area (Å²) >= 11 is 6.10. The zero-order valence-electron chi connectivity index (χ0n) is 18.8. The molecule has 1 aliphatic heterocycles. The van der Waals surface area contributed by atoms with Gasteiger partial charge in [-0.25, -0.2) is 18.9 Å². The minimum absolute atomic E-state index is 0.00572. The van der Waals surface area contributed by atoms with Crippen molar-refractivity contribution < 1.29 is 4.39 Å². The second-order valence-corrected chi connectivity index (χ2v) is 8.86. The smallest absolute Gasteiger partial charge is 0.263 e. The molecule has 0 aliphatic carbocycles. The summed E-state index contributed by atoms with van der Waals surface area (Å²) in [5, 5.41) is 11.8. The van der Waals surface area contributed by atoms with Crippen LogP contribution in [0.15, 0.2) is 82.7 Å². The minimum atomic E-state index is -0.302. The maximum absolute atomic E-state index is 14.0. The molecule has 0 saturated heterocycles. The quantitative estimate of drug-likeness (QED) is 0.419. The van der Waals surface area contributed by atoms with E-state index in [9.17, 15) is 9.18 Å².